The van der Waals surface area contributed by atoms with Crippen LogP contribution < -0.4 is 5.32 Å². The molecule has 23 heavy (non-hydrogen) atoms. The topological polar surface area (TPSA) is 59.8 Å². The molecule has 2 aromatic heterocycles. The van der Waals surface area contributed by atoms with Crippen molar-refractivity contribution in [1.82, 2.24) is 14.8 Å². The van der Waals surface area contributed by atoms with Crippen molar-refractivity contribution in [2.75, 3.05) is 5.32 Å². The van der Waals surface area contributed by atoms with Crippen LogP contribution in [0.5, 0.6) is 0 Å². The van der Waals surface area contributed by atoms with Crippen LogP contribution in [0, 0.1) is 6.92 Å². The Hall–Kier alpha value is -2.66. The maximum atomic E-state index is 12.3. The number of amides is 1. The summed E-state index contributed by atoms with van der Waals surface area (Å²) in [6.07, 6.45) is 3.21. The van der Waals surface area contributed by atoms with Crippen molar-refractivity contribution in [2.24, 2.45) is 0 Å². The van der Waals surface area contributed by atoms with E-state index in [0.717, 1.165) is 11.3 Å². The molecule has 0 radical (unpaired) electrons. The van der Waals surface area contributed by atoms with Gasteiger partial charge in [-0.05, 0) is 36.8 Å². The highest BCUT2D eigenvalue weighted by atomic mass is 35.5. The van der Waals surface area contributed by atoms with E-state index in [1.807, 2.05) is 31.2 Å². The van der Waals surface area contributed by atoms with Crippen molar-refractivity contribution in [1.29, 1.82) is 0 Å². The average Bonchev–Trinajstić information content (AvgIpc) is 2.97. The molecule has 0 saturated carbocycles. The zero-order valence-electron chi connectivity index (χ0n) is 12.5. The summed E-state index contributed by atoms with van der Waals surface area (Å²) in [5.74, 6) is 0.417. The van der Waals surface area contributed by atoms with E-state index in [-0.39, 0.29) is 5.91 Å². The number of rotatable bonds is 4. The van der Waals surface area contributed by atoms with E-state index < -0.39 is 0 Å². The standard InChI is InChI=1S/C17H15ClN4O/c1-12-2-5-14(10-19-12)17(23)21-16-8-9-20-22(16)11-13-3-6-15(18)7-4-13/h2-10H,11H2,1H3,(H,21,23). The molecular formula is C17H15ClN4O. The van der Waals surface area contributed by atoms with Crippen molar-refractivity contribution in [2.45, 2.75) is 13.5 Å². The third kappa shape index (κ3) is 3.76. The van der Waals surface area contributed by atoms with Crippen molar-refractivity contribution in [3.05, 3.63) is 76.7 Å². The lowest BCUT2D eigenvalue weighted by atomic mass is 10.2. The number of halogens is 1. The molecular weight excluding hydrogens is 312 g/mol. The molecule has 0 fully saturated rings. The number of nitrogens with zero attached hydrogens (tertiary/aromatic N) is 3. The number of carbonyl (C=O) groups excluding carboxylic acids is 1. The molecule has 0 atom stereocenters. The summed E-state index contributed by atoms with van der Waals surface area (Å²) in [6, 6.07) is 12.8. The highest BCUT2D eigenvalue weighted by Gasteiger charge is 2.10. The first-order valence-corrected chi connectivity index (χ1v) is 7.50. The van der Waals surface area contributed by atoms with Gasteiger partial charge in [-0.15, -0.1) is 0 Å². The fourth-order valence-electron chi connectivity index (χ4n) is 2.12. The quantitative estimate of drug-likeness (QED) is 0.797. The first kappa shape index (κ1) is 15.2. The number of carbonyl (C=O) groups is 1. The number of anilines is 1. The maximum Gasteiger partial charge on any atom is 0.258 e. The molecule has 3 rings (SSSR count). The normalized spacial score (nSPS) is 10.5. The molecule has 0 aliphatic rings. The molecule has 0 unspecified atom stereocenters. The summed E-state index contributed by atoms with van der Waals surface area (Å²) >= 11 is 5.89. The number of benzene rings is 1. The minimum Gasteiger partial charge on any atom is -0.307 e. The Morgan fingerprint density at radius 2 is 1.96 bits per heavy atom. The highest BCUT2D eigenvalue weighted by Crippen LogP contribution is 2.14. The summed E-state index contributed by atoms with van der Waals surface area (Å²) in [5, 5.41) is 7.79. The van der Waals surface area contributed by atoms with Crippen LogP contribution in [0.4, 0.5) is 5.82 Å². The molecule has 2 heterocycles. The van der Waals surface area contributed by atoms with Gasteiger partial charge < -0.3 is 5.32 Å². The summed E-state index contributed by atoms with van der Waals surface area (Å²) in [7, 11) is 0. The van der Waals surface area contributed by atoms with Gasteiger partial charge in [0.05, 0.1) is 18.3 Å². The fraction of sp³-hybridized carbons (Fsp3) is 0.118. The fourth-order valence-corrected chi connectivity index (χ4v) is 2.24. The van der Waals surface area contributed by atoms with Crippen LogP contribution in [0.15, 0.2) is 54.9 Å². The van der Waals surface area contributed by atoms with Crippen molar-refractivity contribution < 1.29 is 4.79 Å². The lowest BCUT2D eigenvalue weighted by Crippen LogP contribution is -2.16. The Morgan fingerprint density at radius 3 is 2.65 bits per heavy atom. The first-order chi connectivity index (χ1) is 11.1. The largest absolute Gasteiger partial charge is 0.307 e. The summed E-state index contributed by atoms with van der Waals surface area (Å²) in [5.41, 5.74) is 2.43. The van der Waals surface area contributed by atoms with Crippen LogP contribution in [0.2, 0.25) is 5.02 Å². The molecule has 1 aromatic carbocycles. The van der Waals surface area contributed by atoms with Crippen molar-refractivity contribution in [3.63, 3.8) is 0 Å². The Balaban J connectivity index is 1.74. The van der Waals surface area contributed by atoms with Crippen LogP contribution >= 0.6 is 11.6 Å². The SMILES string of the molecule is Cc1ccc(C(=O)Nc2ccnn2Cc2ccc(Cl)cc2)cn1. The van der Waals surface area contributed by atoms with Gasteiger partial charge in [-0.2, -0.15) is 5.10 Å². The third-order valence-corrected chi connectivity index (χ3v) is 3.63. The number of aryl methyl sites for hydroxylation is 1. The van der Waals surface area contributed by atoms with Crippen LogP contribution in [0.1, 0.15) is 21.6 Å². The van der Waals surface area contributed by atoms with Crippen LogP contribution in [-0.2, 0) is 6.54 Å². The second-order valence-electron chi connectivity index (χ2n) is 5.14. The molecule has 116 valence electrons. The molecule has 5 nitrogen and oxygen atoms in total. The van der Waals surface area contributed by atoms with Gasteiger partial charge in [-0.25, -0.2) is 4.68 Å². The minimum atomic E-state index is -0.213. The Kier molecular flexibility index (Phi) is 4.39. The average molecular weight is 327 g/mol. The monoisotopic (exact) mass is 326 g/mol. The molecule has 3 aromatic rings. The van der Waals surface area contributed by atoms with Gasteiger partial charge in [0.15, 0.2) is 0 Å². The Bertz CT molecular complexity index is 809. The molecule has 6 heteroatoms. The first-order valence-electron chi connectivity index (χ1n) is 7.12. The van der Waals surface area contributed by atoms with Crippen molar-refractivity contribution in [3.8, 4) is 0 Å². The number of aromatic nitrogens is 3. The summed E-state index contributed by atoms with van der Waals surface area (Å²) < 4.78 is 1.72. The predicted molar refractivity (Wildman–Crippen MR) is 89.7 cm³/mol. The number of pyridine rings is 1. The Labute approximate surface area is 138 Å². The summed E-state index contributed by atoms with van der Waals surface area (Å²) in [4.78, 5) is 16.4. The number of hydrogen-bond acceptors (Lipinski definition) is 3. The van der Waals surface area contributed by atoms with Gasteiger partial charge in [-0.1, -0.05) is 23.7 Å². The van der Waals surface area contributed by atoms with E-state index in [1.54, 1.807) is 35.3 Å². The van der Waals surface area contributed by atoms with Gasteiger partial charge in [0.1, 0.15) is 5.82 Å². The number of nitrogens with one attached hydrogen (secondary N) is 1. The molecule has 0 spiro atoms. The molecule has 1 amide bonds. The van der Waals surface area contributed by atoms with E-state index in [9.17, 15) is 4.79 Å². The van der Waals surface area contributed by atoms with Gasteiger partial charge in [0.25, 0.3) is 5.91 Å². The molecule has 1 N–H and O–H groups in total. The van der Waals surface area contributed by atoms with Crippen molar-refractivity contribution >= 4 is 23.3 Å². The van der Waals surface area contributed by atoms with E-state index in [0.29, 0.717) is 22.9 Å². The van der Waals surface area contributed by atoms with Gasteiger partial charge in [-0.3, -0.25) is 9.78 Å². The second-order valence-corrected chi connectivity index (χ2v) is 5.58. The zero-order valence-corrected chi connectivity index (χ0v) is 13.3. The summed E-state index contributed by atoms with van der Waals surface area (Å²) in [6.45, 7) is 2.43. The highest BCUT2D eigenvalue weighted by molar-refractivity contribution is 6.30. The third-order valence-electron chi connectivity index (χ3n) is 3.38. The number of hydrogen-bond donors (Lipinski definition) is 1. The van der Waals surface area contributed by atoms with Gasteiger partial charge in [0.2, 0.25) is 0 Å². The van der Waals surface area contributed by atoms with E-state index >= 15 is 0 Å². The van der Waals surface area contributed by atoms with Gasteiger partial charge in [0, 0.05) is 23.0 Å². The lowest BCUT2D eigenvalue weighted by molar-refractivity contribution is 0.102. The minimum absolute atomic E-state index is 0.213. The van der Waals surface area contributed by atoms with Gasteiger partial charge >= 0.3 is 0 Å². The lowest BCUT2D eigenvalue weighted by Gasteiger charge is -2.09. The zero-order chi connectivity index (χ0) is 16.2. The smallest absolute Gasteiger partial charge is 0.258 e. The predicted octanol–water partition coefficient (Wildman–Crippen LogP) is 3.54. The molecule has 0 bridgehead atoms. The van der Waals surface area contributed by atoms with Crippen LogP contribution in [-0.4, -0.2) is 20.7 Å². The van der Waals surface area contributed by atoms with E-state index in [4.69, 9.17) is 11.6 Å². The molecule has 0 saturated heterocycles. The van der Waals surface area contributed by atoms with E-state index in [2.05, 4.69) is 15.4 Å². The van der Waals surface area contributed by atoms with Crippen LogP contribution in [0.25, 0.3) is 0 Å². The maximum absolute atomic E-state index is 12.3. The van der Waals surface area contributed by atoms with E-state index in [1.165, 1.54) is 0 Å². The molecule has 0 aliphatic carbocycles. The van der Waals surface area contributed by atoms with Crippen LogP contribution in [0.3, 0.4) is 0 Å². The molecule has 0 aliphatic heterocycles. The Morgan fingerprint density at radius 1 is 1.17 bits per heavy atom. The second kappa shape index (κ2) is 6.62.